The number of amides is 3. The largest absolute Gasteiger partial charge is 0.326 e. The minimum atomic E-state index is -0.658. The van der Waals surface area contributed by atoms with E-state index in [-0.39, 0.29) is 10.6 Å². The number of anilines is 1. The summed E-state index contributed by atoms with van der Waals surface area (Å²) in [5.74, 6) is 1.88. The Morgan fingerprint density at radius 1 is 1.10 bits per heavy atom. The maximum absolute atomic E-state index is 11.9. The van der Waals surface area contributed by atoms with E-state index in [1.807, 2.05) is 0 Å². The van der Waals surface area contributed by atoms with Crippen molar-refractivity contribution in [2.45, 2.75) is 0 Å². The van der Waals surface area contributed by atoms with Crippen molar-refractivity contribution in [2.24, 2.45) is 0 Å². The second-order valence-electron chi connectivity index (χ2n) is 4.11. The molecule has 4 nitrogen and oxygen atoms in total. The van der Waals surface area contributed by atoms with Gasteiger partial charge in [0, 0.05) is 11.3 Å². The lowest BCUT2D eigenvalue weighted by molar-refractivity contribution is 0.0967. The van der Waals surface area contributed by atoms with Gasteiger partial charge in [-0.15, -0.1) is 6.42 Å². The summed E-state index contributed by atoms with van der Waals surface area (Å²) in [5.41, 5.74) is 1.35. The van der Waals surface area contributed by atoms with Crippen molar-refractivity contribution in [2.75, 3.05) is 5.32 Å². The van der Waals surface area contributed by atoms with Crippen LogP contribution in [0.3, 0.4) is 0 Å². The predicted molar refractivity (Wildman–Crippen MR) is 82.3 cm³/mol. The highest BCUT2D eigenvalue weighted by atomic mass is 35.5. The molecule has 2 rings (SSSR count). The summed E-state index contributed by atoms with van der Waals surface area (Å²) < 4.78 is 0. The van der Waals surface area contributed by atoms with E-state index >= 15 is 0 Å². The van der Waals surface area contributed by atoms with Gasteiger partial charge in [0.05, 0.1) is 10.6 Å². The lowest BCUT2D eigenvalue weighted by Gasteiger charge is -2.08. The average molecular weight is 299 g/mol. The second-order valence-corrected chi connectivity index (χ2v) is 4.52. The van der Waals surface area contributed by atoms with Crippen molar-refractivity contribution in [3.05, 3.63) is 64.7 Å². The van der Waals surface area contributed by atoms with Gasteiger partial charge in [-0.1, -0.05) is 35.7 Å². The summed E-state index contributed by atoms with van der Waals surface area (Å²) >= 11 is 5.89. The molecule has 2 aromatic rings. The quantitative estimate of drug-likeness (QED) is 0.836. The Kier molecular flexibility index (Phi) is 4.60. The van der Waals surface area contributed by atoms with Crippen LogP contribution in [0, 0.1) is 12.3 Å². The van der Waals surface area contributed by atoms with E-state index < -0.39 is 11.9 Å². The molecule has 0 spiro atoms. The van der Waals surface area contributed by atoms with E-state index in [2.05, 4.69) is 16.6 Å². The van der Waals surface area contributed by atoms with Gasteiger partial charge in [0.1, 0.15) is 0 Å². The van der Waals surface area contributed by atoms with Gasteiger partial charge in [0.25, 0.3) is 5.91 Å². The van der Waals surface area contributed by atoms with E-state index in [1.165, 1.54) is 6.07 Å². The van der Waals surface area contributed by atoms with Gasteiger partial charge in [-0.05, 0) is 30.3 Å². The summed E-state index contributed by atoms with van der Waals surface area (Å²) in [7, 11) is 0. The number of urea groups is 1. The molecule has 3 amide bonds. The maximum Gasteiger partial charge on any atom is 0.326 e. The van der Waals surface area contributed by atoms with Crippen LogP contribution in [0.2, 0.25) is 5.02 Å². The third-order valence-electron chi connectivity index (χ3n) is 2.63. The van der Waals surface area contributed by atoms with Crippen LogP contribution in [0.1, 0.15) is 15.9 Å². The van der Waals surface area contributed by atoms with Gasteiger partial charge in [0.2, 0.25) is 0 Å². The molecule has 0 aliphatic carbocycles. The first-order valence-electron chi connectivity index (χ1n) is 6.03. The van der Waals surface area contributed by atoms with Crippen molar-refractivity contribution >= 4 is 29.2 Å². The second kappa shape index (κ2) is 6.60. The minimum Gasteiger partial charge on any atom is -0.308 e. The summed E-state index contributed by atoms with van der Waals surface area (Å²) in [5, 5.41) is 5.00. The Hall–Kier alpha value is -2.77. The molecule has 0 heterocycles. The molecule has 0 bridgehead atoms. The maximum atomic E-state index is 11.9. The topological polar surface area (TPSA) is 58.2 Å². The molecule has 0 aliphatic rings. The Labute approximate surface area is 127 Å². The Bertz CT molecular complexity index is 735. The van der Waals surface area contributed by atoms with Crippen molar-refractivity contribution in [3.8, 4) is 12.3 Å². The number of carbonyl (C=O) groups excluding carboxylic acids is 2. The van der Waals surface area contributed by atoms with Crippen LogP contribution >= 0.6 is 11.6 Å². The van der Waals surface area contributed by atoms with Gasteiger partial charge in [-0.25, -0.2) is 4.79 Å². The molecule has 104 valence electrons. The Balaban J connectivity index is 2.03. The highest BCUT2D eigenvalue weighted by Gasteiger charge is 2.13. The van der Waals surface area contributed by atoms with Crippen LogP contribution < -0.4 is 10.6 Å². The van der Waals surface area contributed by atoms with E-state index in [9.17, 15) is 9.59 Å². The molecule has 0 saturated heterocycles. The van der Waals surface area contributed by atoms with E-state index in [1.54, 1.807) is 42.5 Å². The molecular formula is C16H11ClN2O2. The van der Waals surface area contributed by atoms with Crippen molar-refractivity contribution in [3.63, 3.8) is 0 Å². The van der Waals surface area contributed by atoms with E-state index in [0.29, 0.717) is 11.3 Å². The van der Waals surface area contributed by atoms with Crippen LogP contribution in [0.4, 0.5) is 10.5 Å². The first kappa shape index (κ1) is 14.6. The van der Waals surface area contributed by atoms with Crippen LogP contribution in [0.15, 0.2) is 48.5 Å². The zero-order valence-electron chi connectivity index (χ0n) is 10.9. The lowest BCUT2D eigenvalue weighted by Crippen LogP contribution is -2.34. The molecule has 2 N–H and O–H groups in total. The molecule has 0 saturated carbocycles. The van der Waals surface area contributed by atoms with Crippen molar-refractivity contribution in [1.29, 1.82) is 0 Å². The van der Waals surface area contributed by atoms with Crippen LogP contribution in [0.5, 0.6) is 0 Å². The highest BCUT2D eigenvalue weighted by Crippen LogP contribution is 2.14. The molecule has 0 aliphatic heterocycles. The molecule has 21 heavy (non-hydrogen) atoms. The summed E-state index contributed by atoms with van der Waals surface area (Å²) in [6.45, 7) is 0. The van der Waals surface area contributed by atoms with Gasteiger partial charge in [-0.3, -0.25) is 10.1 Å². The SMILES string of the molecule is C#Cc1cccc(NC(=O)NC(=O)c2ccccc2Cl)c1. The zero-order chi connectivity index (χ0) is 15.2. The molecule has 0 radical (unpaired) electrons. The first-order chi connectivity index (χ1) is 10.1. The fraction of sp³-hybridized carbons (Fsp3) is 0. The van der Waals surface area contributed by atoms with Gasteiger partial charge < -0.3 is 5.32 Å². The standard InChI is InChI=1S/C16H11ClN2O2/c1-2-11-6-5-7-12(10-11)18-16(21)19-15(20)13-8-3-4-9-14(13)17/h1,3-10H,(H2,18,19,20,21). The third-order valence-corrected chi connectivity index (χ3v) is 2.96. The van der Waals surface area contributed by atoms with Gasteiger partial charge >= 0.3 is 6.03 Å². The smallest absolute Gasteiger partial charge is 0.308 e. The number of rotatable bonds is 2. The molecule has 0 aromatic heterocycles. The number of imide groups is 1. The Morgan fingerprint density at radius 2 is 1.86 bits per heavy atom. The van der Waals surface area contributed by atoms with Crippen LogP contribution in [-0.4, -0.2) is 11.9 Å². The summed E-state index contributed by atoms with van der Waals surface area (Å²) in [4.78, 5) is 23.7. The van der Waals surface area contributed by atoms with Crippen molar-refractivity contribution < 1.29 is 9.59 Å². The summed E-state index contributed by atoms with van der Waals surface area (Å²) in [6.07, 6.45) is 5.28. The van der Waals surface area contributed by atoms with Gasteiger partial charge in [-0.2, -0.15) is 0 Å². The normalized spacial score (nSPS) is 9.52. The lowest BCUT2D eigenvalue weighted by atomic mass is 10.2. The average Bonchev–Trinajstić information content (AvgIpc) is 2.47. The minimum absolute atomic E-state index is 0.228. The molecular weight excluding hydrogens is 288 g/mol. The van der Waals surface area contributed by atoms with E-state index in [0.717, 1.165) is 0 Å². The Morgan fingerprint density at radius 3 is 2.57 bits per heavy atom. The molecule has 5 heteroatoms. The molecule has 0 unspecified atom stereocenters. The zero-order valence-corrected chi connectivity index (χ0v) is 11.6. The monoisotopic (exact) mass is 298 g/mol. The molecule has 0 atom stereocenters. The molecule has 2 aromatic carbocycles. The number of carbonyl (C=O) groups is 2. The van der Waals surface area contributed by atoms with E-state index in [4.69, 9.17) is 18.0 Å². The summed E-state index contributed by atoms with van der Waals surface area (Å²) in [6, 6.07) is 12.5. The predicted octanol–water partition coefficient (Wildman–Crippen LogP) is 3.28. The fourth-order valence-electron chi connectivity index (χ4n) is 1.66. The fourth-order valence-corrected chi connectivity index (χ4v) is 1.89. The number of terminal acetylenes is 1. The highest BCUT2D eigenvalue weighted by molar-refractivity contribution is 6.34. The number of halogens is 1. The third kappa shape index (κ3) is 3.85. The number of hydrogen-bond acceptors (Lipinski definition) is 2. The molecule has 0 fully saturated rings. The number of nitrogens with one attached hydrogen (secondary N) is 2. The number of benzene rings is 2. The van der Waals surface area contributed by atoms with Crippen LogP contribution in [0.25, 0.3) is 0 Å². The number of hydrogen-bond donors (Lipinski definition) is 2. The van der Waals surface area contributed by atoms with Gasteiger partial charge in [0.15, 0.2) is 0 Å². The first-order valence-corrected chi connectivity index (χ1v) is 6.41. The van der Waals surface area contributed by atoms with Crippen molar-refractivity contribution in [1.82, 2.24) is 5.32 Å². The van der Waals surface area contributed by atoms with Crippen LogP contribution in [-0.2, 0) is 0 Å².